The number of esters is 1. The fourth-order valence-corrected chi connectivity index (χ4v) is 3.04. The van der Waals surface area contributed by atoms with Gasteiger partial charge >= 0.3 is 18.3 Å². The first kappa shape index (κ1) is 26.9. The molecule has 14 heteroatoms. The molecule has 0 spiro atoms. The molecule has 0 atom stereocenters. The van der Waals surface area contributed by atoms with Crippen LogP contribution in [0.4, 0.5) is 26.3 Å². The van der Waals surface area contributed by atoms with Crippen molar-refractivity contribution in [3.8, 4) is 11.4 Å². The van der Waals surface area contributed by atoms with Gasteiger partial charge in [-0.05, 0) is 32.0 Å². The molecule has 0 bridgehead atoms. The number of benzene rings is 1. The summed E-state index contributed by atoms with van der Waals surface area (Å²) in [5.41, 5.74) is -3.13. The highest BCUT2D eigenvalue weighted by Crippen LogP contribution is 2.38. The van der Waals surface area contributed by atoms with E-state index in [2.05, 4.69) is 19.9 Å². The van der Waals surface area contributed by atoms with E-state index >= 15 is 0 Å². The summed E-state index contributed by atoms with van der Waals surface area (Å²) in [5.74, 6) is -1.14. The van der Waals surface area contributed by atoms with Crippen LogP contribution in [0.2, 0.25) is 0 Å². The van der Waals surface area contributed by atoms with Crippen molar-refractivity contribution in [2.75, 3.05) is 13.7 Å². The third-order valence-electron chi connectivity index (χ3n) is 4.68. The molecule has 0 aliphatic carbocycles. The van der Waals surface area contributed by atoms with E-state index in [0.717, 1.165) is 11.0 Å². The second-order valence-electron chi connectivity index (χ2n) is 7.87. The summed E-state index contributed by atoms with van der Waals surface area (Å²) in [6, 6.07) is 1.06. The van der Waals surface area contributed by atoms with Crippen molar-refractivity contribution >= 4 is 17.7 Å². The van der Waals surface area contributed by atoms with E-state index in [0.29, 0.717) is 30.8 Å². The Labute approximate surface area is 201 Å². The molecule has 0 saturated heterocycles. The lowest BCUT2D eigenvalue weighted by Gasteiger charge is -2.13. The third-order valence-corrected chi connectivity index (χ3v) is 4.68. The number of ether oxygens (including phenoxy) is 2. The number of halogens is 6. The Morgan fingerprint density at radius 3 is 2.31 bits per heavy atom. The number of aliphatic hydroxyl groups is 2. The number of hydrogen-bond donors (Lipinski definition) is 0. The Morgan fingerprint density at radius 1 is 1.11 bits per heavy atom. The predicted octanol–water partition coefficient (Wildman–Crippen LogP) is 4.29. The molecule has 0 saturated carbocycles. The van der Waals surface area contributed by atoms with E-state index in [1.807, 2.05) is 0 Å². The Bertz CT molecular complexity index is 1210. The highest BCUT2D eigenvalue weighted by atomic mass is 19.4. The minimum atomic E-state index is -5.02. The van der Waals surface area contributed by atoms with Crippen LogP contribution in [0.15, 0.2) is 36.9 Å². The molecule has 1 N–H and O–H groups in total. The van der Waals surface area contributed by atoms with Crippen LogP contribution in [0.5, 0.6) is 0 Å². The first-order valence-corrected chi connectivity index (χ1v) is 10.5. The largest absolute Gasteiger partial charge is 0.459 e. The molecular weight excluding hydrogens is 496 g/mol. The van der Waals surface area contributed by atoms with Crippen LogP contribution in [0, 0.1) is 0 Å². The molecule has 0 amide bonds. The minimum Gasteiger partial charge on any atom is -0.459 e. The maximum atomic E-state index is 13.2. The van der Waals surface area contributed by atoms with Crippen LogP contribution >= 0.6 is 0 Å². The van der Waals surface area contributed by atoms with E-state index in [1.165, 1.54) is 12.4 Å². The molecule has 3 aromatic rings. The van der Waals surface area contributed by atoms with E-state index in [1.54, 1.807) is 31.8 Å². The summed E-state index contributed by atoms with van der Waals surface area (Å²) in [6.45, 7) is 4.22. The van der Waals surface area contributed by atoms with Crippen LogP contribution in [0.1, 0.15) is 30.5 Å². The lowest BCUT2D eigenvalue weighted by atomic mass is 10.0. The van der Waals surface area contributed by atoms with Gasteiger partial charge in [0.15, 0.2) is 12.4 Å². The van der Waals surface area contributed by atoms with Gasteiger partial charge in [0.25, 0.3) is 0 Å². The van der Waals surface area contributed by atoms with E-state index in [9.17, 15) is 31.1 Å². The second kappa shape index (κ2) is 10.5. The highest BCUT2D eigenvalue weighted by molar-refractivity contribution is 6.20. The topological polar surface area (TPSA) is 87.6 Å². The summed E-state index contributed by atoms with van der Waals surface area (Å²) >= 11 is 0. The Hall–Kier alpha value is -3.68. The first-order valence-electron chi connectivity index (χ1n) is 10.5. The van der Waals surface area contributed by atoms with E-state index in [4.69, 9.17) is 4.74 Å². The van der Waals surface area contributed by atoms with Gasteiger partial charge in [-0.15, -0.1) is 5.10 Å². The van der Waals surface area contributed by atoms with Crippen molar-refractivity contribution in [1.82, 2.24) is 24.5 Å². The van der Waals surface area contributed by atoms with Gasteiger partial charge in [0.2, 0.25) is 0 Å². The van der Waals surface area contributed by atoms with Gasteiger partial charge in [-0.2, -0.15) is 31.4 Å². The lowest BCUT2D eigenvalue weighted by molar-refractivity contribution is -0.143. The van der Waals surface area contributed by atoms with Gasteiger partial charge in [0.05, 0.1) is 29.0 Å². The molecule has 0 unspecified atom stereocenters. The van der Waals surface area contributed by atoms with Crippen LogP contribution < -0.4 is 0 Å². The smallest absolute Gasteiger partial charge is 0.416 e. The van der Waals surface area contributed by atoms with Gasteiger partial charge in [-0.1, -0.05) is 0 Å². The van der Waals surface area contributed by atoms with Crippen molar-refractivity contribution in [3.05, 3.63) is 53.6 Å². The maximum Gasteiger partial charge on any atom is 0.416 e. The molecule has 0 radical (unpaired) electrons. The molecule has 0 fully saturated rings. The van der Waals surface area contributed by atoms with E-state index < -0.39 is 46.9 Å². The van der Waals surface area contributed by atoms with Crippen LogP contribution in [-0.4, -0.2) is 55.1 Å². The number of hydrogen-bond acceptors (Lipinski definition) is 5. The second-order valence-corrected chi connectivity index (χ2v) is 7.87. The lowest BCUT2D eigenvalue weighted by Crippen LogP contribution is -2.13. The molecule has 3 rings (SSSR count). The summed E-state index contributed by atoms with van der Waals surface area (Å²) < 4.78 is 91.0. The number of carbonyl (C=O) groups is 1. The molecule has 8 nitrogen and oxygen atoms in total. The van der Waals surface area contributed by atoms with Crippen LogP contribution in [0.3, 0.4) is 0 Å². The Morgan fingerprint density at radius 2 is 1.75 bits per heavy atom. The molecule has 2 heterocycles. The predicted molar refractivity (Wildman–Crippen MR) is 116 cm³/mol. The average molecular weight is 518 g/mol. The zero-order valence-electron chi connectivity index (χ0n) is 19.3. The quantitative estimate of drug-likeness (QED) is 0.192. The van der Waals surface area contributed by atoms with Crippen LogP contribution in [-0.2, 0) is 28.4 Å². The van der Waals surface area contributed by atoms with Crippen molar-refractivity contribution < 1.29 is 40.6 Å². The summed E-state index contributed by atoms with van der Waals surface area (Å²) in [5, 5.41) is 8.10. The van der Waals surface area contributed by atoms with Crippen molar-refractivity contribution in [2.45, 2.75) is 38.8 Å². The molecule has 0 aliphatic rings. The zero-order valence-corrected chi connectivity index (χ0v) is 19.3. The van der Waals surface area contributed by atoms with Crippen molar-refractivity contribution in [1.29, 1.82) is 0 Å². The molecule has 2 aromatic heterocycles. The van der Waals surface area contributed by atoms with Crippen molar-refractivity contribution in [3.63, 3.8) is 0 Å². The summed E-state index contributed by atoms with van der Waals surface area (Å²) in [6.07, 6.45) is -5.28. The molecule has 0 aliphatic heterocycles. The first-order chi connectivity index (χ1) is 16.8. The Kier molecular flexibility index (Phi) is 7.86. The number of nitrogens with zero attached hydrogens (tertiary/aromatic N) is 5. The summed E-state index contributed by atoms with van der Waals surface area (Å²) in [4.78, 5) is 16.5. The van der Waals surface area contributed by atoms with Gasteiger partial charge in [0.1, 0.15) is 20.0 Å². The fourth-order valence-electron chi connectivity index (χ4n) is 3.04. The zero-order chi connectivity index (χ0) is 26.7. The third kappa shape index (κ3) is 6.71. The maximum absolute atomic E-state index is 13.2. The molecule has 36 heavy (non-hydrogen) atoms. The number of alkyl halides is 6. The minimum absolute atomic E-state index is 0.000130. The van der Waals surface area contributed by atoms with Gasteiger partial charge in [0, 0.05) is 23.5 Å². The van der Waals surface area contributed by atoms with Crippen molar-refractivity contribution in [2.24, 2.45) is 0 Å². The molecular formula is C22H22F6N5O3+. The van der Waals surface area contributed by atoms with Crippen LogP contribution in [0.25, 0.3) is 23.2 Å². The summed E-state index contributed by atoms with van der Waals surface area (Å²) in [7, 11) is 1.64. The Balaban J connectivity index is 2.03. The molecule has 1 aromatic carbocycles. The fraction of sp³-hybridized carbons (Fsp3) is 0.364. The SMILES string of the molecule is C[OH+]CCn1cc(/C(=C\n2cnc(-c3cc(C(F)(F)F)cc(C(F)(F)F)c3)n2)C(=O)OC(C)C)cn1. The van der Waals surface area contributed by atoms with Gasteiger partial charge < -0.3 is 9.47 Å². The number of carbonyl (C=O) groups excluding carboxylic acids is 1. The average Bonchev–Trinajstić information content (AvgIpc) is 3.43. The molecule has 194 valence electrons. The monoisotopic (exact) mass is 518 g/mol. The standard InChI is InChI=1S/C22H21F6N5O3/c1-13(2)36-20(34)18(15-9-30-32(10-15)4-5-35-3)11-33-12-29-19(31-33)14-6-16(21(23,24)25)8-17(7-14)22(26,27)28/h6-13H,4-5H2,1-3H3/p+1/b18-11+. The highest BCUT2D eigenvalue weighted by Gasteiger charge is 2.37. The number of rotatable bonds is 8. The van der Waals surface area contributed by atoms with E-state index in [-0.39, 0.29) is 11.6 Å². The van der Waals surface area contributed by atoms with Gasteiger partial charge in [-0.25, -0.2) is 14.5 Å². The van der Waals surface area contributed by atoms with Gasteiger partial charge in [-0.3, -0.25) is 4.68 Å². The normalized spacial score (nSPS) is 12.9. The number of aromatic nitrogens is 5.